The zero-order valence-electron chi connectivity index (χ0n) is 7.62. The Balaban J connectivity index is 2.30. The molecule has 13 heavy (non-hydrogen) atoms. The van der Waals surface area contributed by atoms with Gasteiger partial charge in [0.1, 0.15) is 0 Å². The van der Waals surface area contributed by atoms with Crippen LogP contribution in [-0.4, -0.2) is 11.5 Å². The van der Waals surface area contributed by atoms with Gasteiger partial charge in [0, 0.05) is 18.4 Å². The molecule has 2 heterocycles. The van der Waals surface area contributed by atoms with Crippen molar-refractivity contribution in [3.63, 3.8) is 0 Å². The molecule has 2 rings (SSSR count). The smallest absolute Gasteiger partial charge is 0.0373 e. The van der Waals surface area contributed by atoms with Crippen LogP contribution in [0, 0.1) is 6.92 Å². The van der Waals surface area contributed by atoms with E-state index in [-0.39, 0.29) is 0 Å². The van der Waals surface area contributed by atoms with Crippen molar-refractivity contribution in [3.05, 3.63) is 47.9 Å². The quantitative estimate of drug-likeness (QED) is 0.699. The number of nitrogens with one attached hydrogen (secondary N) is 1. The maximum atomic E-state index is 4.26. The summed E-state index contributed by atoms with van der Waals surface area (Å²) in [6.45, 7) is 2.90. The third kappa shape index (κ3) is 1.78. The van der Waals surface area contributed by atoms with E-state index in [1.54, 1.807) is 0 Å². The topological polar surface area (TPSA) is 24.9 Å². The van der Waals surface area contributed by atoms with Gasteiger partial charge in [-0.15, -0.1) is 0 Å². The van der Waals surface area contributed by atoms with Crippen molar-refractivity contribution < 1.29 is 0 Å². The van der Waals surface area contributed by atoms with Crippen LogP contribution in [0.1, 0.15) is 11.3 Å². The van der Waals surface area contributed by atoms with E-state index in [1.165, 1.54) is 11.1 Å². The summed E-state index contributed by atoms with van der Waals surface area (Å²) >= 11 is 0. The van der Waals surface area contributed by atoms with Crippen molar-refractivity contribution in [3.8, 4) is 0 Å². The monoisotopic (exact) mass is 172 g/mol. The van der Waals surface area contributed by atoms with Gasteiger partial charge in [0.15, 0.2) is 0 Å². The highest BCUT2D eigenvalue weighted by Gasteiger charge is 1.99. The van der Waals surface area contributed by atoms with Crippen LogP contribution < -0.4 is 5.32 Å². The first-order chi connectivity index (χ1) is 6.36. The fourth-order valence-corrected chi connectivity index (χ4v) is 1.31. The van der Waals surface area contributed by atoms with Crippen LogP contribution >= 0.6 is 0 Å². The summed E-state index contributed by atoms with van der Waals surface area (Å²) < 4.78 is 0. The van der Waals surface area contributed by atoms with Crippen LogP contribution in [0.15, 0.2) is 36.7 Å². The molecule has 0 radical (unpaired) electrons. The Morgan fingerprint density at radius 2 is 2.31 bits per heavy atom. The zero-order chi connectivity index (χ0) is 9.10. The molecular weight excluding hydrogens is 160 g/mol. The Hall–Kier alpha value is -1.57. The van der Waals surface area contributed by atoms with Crippen molar-refractivity contribution in [2.45, 2.75) is 6.92 Å². The number of pyridine rings is 1. The number of hydrogen-bond acceptors (Lipinski definition) is 2. The van der Waals surface area contributed by atoms with E-state index in [2.05, 4.69) is 28.5 Å². The van der Waals surface area contributed by atoms with Crippen LogP contribution in [0.25, 0.3) is 5.57 Å². The highest BCUT2D eigenvalue weighted by atomic mass is 14.8. The van der Waals surface area contributed by atoms with Gasteiger partial charge in [-0.1, -0.05) is 12.1 Å². The Morgan fingerprint density at radius 3 is 2.92 bits per heavy atom. The van der Waals surface area contributed by atoms with Crippen molar-refractivity contribution in [1.82, 2.24) is 10.3 Å². The number of hydrogen-bond donors (Lipinski definition) is 1. The fraction of sp³-hybridized carbons (Fsp3) is 0.182. The van der Waals surface area contributed by atoms with Crippen molar-refractivity contribution in [1.29, 1.82) is 0 Å². The average molecular weight is 172 g/mol. The summed E-state index contributed by atoms with van der Waals surface area (Å²) in [5.41, 5.74) is 3.48. The standard InChI is InChI=1S/C11H12N2/c1-9-2-3-11(8-13-9)10-4-6-12-7-5-10/h2-6,8,12H,7H2,1H3. The Labute approximate surface area is 78.0 Å². The Morgan fingerprint density at radius 1 is 1.38 bits per heavy atom. The predicted molar refractivity (Wildman–Crippen MR) is 54.1 cm³/mol. The first-order valence-corrected chi connectivity index (χ1v) is 4.39. The van der Waals surface area contributed by atoms with Crippen LogP contribution in [0.2, 0.25) is 0 Å². The lowest BCUT2D eigenvalue weighted by molar-refractivity contribution is 0.975. The number of dihydropyridines is 1. The molecule has 66 valence electrons. The van der Waals surface area contributed by atoms with Crippen molar-refractivity contribution in [2.24, 2.45) is 0 Å². The molecule has 1 aromatic heterocycles. The molecule has 1 aliphatic heterocycles. The van der Waals surface area contributed by atoms with E-state index in [9.17, 15) is 0 Å². The minimum absolute atomic E-state index is 0.902. The lowest BCUT2D eigenvalue weighted by Crippen LogP contribution is -2.08. The van der Waals surface area contributed by atoms with E-state index in [0.717, 1.165) is 12.2 Å². The molecule has 0 spiro atoms. The molecule has 0 saturated carbocycles. The predicted octanol–water partition coefficient (Wildman–Crippen LogP) is 1.89. The molecule has 0 bridgehead atoms. The number of allylic oxidation sites excluding steroid dienone is 2. The molecule has 0 amide bonds. The summed E-state index contributed by atoms with van der Waals surface area (Å²) in [4.78, 5) is 4.26. The highest BCUT2D eigenvalue weighted by molar-refractivity contribution is 5.74. The number of aryl methyl sites for hydroxylation is 1. The second-order valence-corrected chi connectivity index (χ2v) is 3.09. The number of rotatable bonds is 1. The average Bonchev–Trinajstić information content (AvgIpc) is 2.20. The van der Waals surface area contributed by atoms with E-state index in [0.29, 0.717) is 0 Å². The molecule has 0 atom stereocenters. The molecule has 0 unspecified atom stereocenters. The largest absolute Gasteiger partial charge is 0.387 e. The summed E-state index contributed by atoms with van der Waals surface area (Å²) in [6.07, 6.45) is 8.11. The maximum absolute atomic E-state index is 4.26. The molecule has 0 aliphatic carbocycles. The van der Waals surface area contributed by atoms with E-state index < -0.39 is 0 Å². The molecule has 1 N–H and O–H groups in total. The first kappa shape index (κ1) is 8.05. The molecule has 0 fully saturated rings. The van der Waals surface area contributed by atoms with Gasteiger partial charge in [-0.05, 0) is 36.4 Å². The van der Waals surface area contributed by atoms with Gasteiger partial charge in [0.05, 0.1) is 0 Å². The summed E-state index contributed by atoms with van der Waals surface area (Å²) in [5, 5.41) is 3.12. The van der Waals surface area contributed by atoms with Gasteiger partial charge in [-0.2, -0.15) is 0 Å². The Bertz CT molecular complexity index is 347. The van der Waals surface area contributed by atoms with E-state index in [1.807, 2.05) is 25.4 Å². The van der Waals surface area contributed by atoms with E-state index >= 15 is 0 Å². The fourth-order valence-electron chi connectivity index (χ4n) is 1.31. The van der Waals surface area contributed by atoms with Crippen LogP contribution in [0.4, 0.5) is 0 Å². The lowest BCUT2D eigenvalue weighted by atomic mass is 10.1. The van der Waals surface area contributed by atoms with Crippen LogP contribution in [0.5, 0.6) is 0 Å². The molecule has 0 aromatic carbocycles. The third-order valence-corrected chi connectivity index (χ3v) is 2.07. The maximum Gasteiger partial charge on any atom is 0.0373 e. The van der Waals surface area contributed by atoms with Crippen LogP contribution in [0.3, 0.4) is 0 Å². The molecular formula is C11H12N2. The van der Waals surface area contributed by atoms with Gasteiger partial charge in [0.2, 0.25) is 0 Å². The molecule has 2 heteroatoms. The number of aromatic nitrogens is 1. The summed E-state index contributed by atoms with van der Waals surface area (Å²) in [5.74, 6) is 0. The normalized spacial score (nSPS) is 15.0. The minimum atomic E-state index is 0.902. The van der Waals surface area contributed by atoms with Crippen molar-refractivity contribution in [2.75, 3.05) is 6.54 Å². The van der Waals surface area contributed by atoms with Gasteiger partial charge in [-0.25, -0.2) is 0 Å². The third-order valence-electron chi connectivity index (χ3n) is 2.07. The number of nitrogens with zero attached hydrogens (tertiary/aromatic N) is 1. The zero-order valence-corrected chi connectivity index (χ0v) is 7.62. The SMILES string of the molecule is Cc1ccc(C2=CCNC=C2)cn1. The van der Waals surface area contributed by atoms with Crippen LogP contribution in [-0.2, 0) is 0 Å². The Kier molecular flexibility index (Phi) is 2.13. The summed E-state index contributed by atoms with van der Waals surface area (Å²) in [7, 11) is 0. The van der Waals surface area contributed by atoms with Gasteiger partial charge < -0.3 is 5.32 Å². The molecule has 1 aromatic rings. The van der Waals surface area contributed by atoms with E-state index in [4.69, 9.17) is 0 Å². The second-order valence-electron chi connectivity index (χ2n) is 3.09. The second kappa shape index (κ2) is 3.44. The van der Waals surface area contributed by atoms with Gasteiger partial charge in [0.25, 0.3) is 0 Å². The minimum Gasteiger partial charge on any atom is -0.387 e. The first-order valence-electron chi connectivity index (χ1n) is 4.39. The highest BCUT2D eigenvalue weighted by Crippen LogP contribution is 2.15. The van der Waals surface area contributed by atoms with Gasteiger partial charge in [-0.3, -0.25) is 4.98 Å². The molecule has 2 nitrogen and oxygen atoms in total. The molecule has 1 aliphatic rings. The molecule has 0 saturated heterocycles. The summed E-state index contributed by atoms with van der Waals surface area (Å²) in [6, 6.07) is 4.13. The van der Waals surface area contributed by atoms with Gasteiger partial charge >= 0.3 is 0 Å². The lowest BCUT2D eigenvalue weighted by Gasteiger charge is -2.07. The van der Waals surface area contributed by atoms with Crippen molar-refractivity contribution >= 4 is 5.57 Å².